The SMILES string of the molecule is CCOC(=O)c1c(NC(=O)CCSc2nc(-c3ccc(OC)cc3)ccc2C#N)sc2c1CCc1ccccc1-2. The van der Waals surface area contributed by atoms with E-state index in [4.69, 9.17) is 9.47 Å². The summed E-state index contributed by atoms with van der Waals surface area (Å²) in [6.45, 7) is 2.03. The Morgan fingerprint density at radius 3 is 2.65 bits per heavy atom. The van der Waals surface area contributed by atoms with Crippen LogP contribution >= 0.6 is 23.1 Å². The van der Waals surface area contributed by atoms with Crippen LogP contribution in [-0.4, -0.2) is 36.3 Å². The van der Waals surface area contributed by atoms with Gasteiger partial charge in [0.2, 0.25) is 5.91 Å². The second kappa shape index (κ2) is 12.4. The summed E-state index contributed by atoms with van der Waals surface area (Å²) in [5.74, 6) is 0.541. The van der Waals surface area contributed by atoms with Crippen molar-refractivity contribution in [2.45, 2.75) is 31.2 Å². The van der Waals surface area contributed by atoms with Crippen LogP contribution in [0.1, 0.15) is 40.4 Å². The number of carbonyl (C=O) groups is 2. The number of carbonyl (C=O) groups excluding carboxylic acids is 2. The van der Waals surface area contributed by atoms with E-state index < -0.39 is 5.97 Å². The average molecular weight is 570 g/mol. The van der Waals surface area contributed by atoms with E-state index in [-0.39, 0.29) is 18.9 Å². The van der Waals surface area contributed by atoms with Crippen molar-refractivity contribution in [1.82, 2.24) is 4.98 Å². The van der Waals surface area contributed by atoms with Crippen LogP contribution in [0, 0.1) is 11.3 Å². The molecule has 5 rings (SSSR count). The Hall–Kier alpha value is -4.13. The second-order valence-corrected chi connectivity index (χ2v) is 11.1. The van der Waals surface area contributed by atoms with Gasteiger partial charge in [-0.2, -0.15) is 5.26 Å². The fraction of sp³-hybridized carbons (Fsp3) is 0.226. The summed E-state index contributed by atoms with van der Waals surface area (Å²) in [4.78, 5) is 31.6. The number of thioether (sulfide) groups is 1. The van der Waals surface area contributed by atoms with E-state index >= 15 is 0 Å². The molecule has 4 aromatic rings. The molecule has 40 heavy (non-hydrogen) atoms. The number of nitriles is 1. The first kappa shape index (κ1) is 27.4. The van der Waals surface area contributed by atoms with Gasteiger partial charge in [0.25, 0.3) is 0 Å². The zero-order valence-corrected chi connectivity index (χ0v) is 23.8. The summed E-state index contributed by atoms with van der Waals surface area (Å²) in [6.07, 6.45) is 1.74. The predicted molar refractivity (Wildman–Crippen MR) is 158 cm³/mol. The minimum absolute atomic E-state index is 0.186. The van der Waals surface area contributed by atoms with Crippen molar-refractivity contribution >= 4 is 40.0 Å². The third kappa shape index (κ3) is 5.74. The Morgan fingerprint density at radius 1 is 1.10 bits per heavy atom. The van der Waals surface area contributed by atoms with Crippen LogP contribution in [-0.2, 0) is 22.4 Å². The van der Waals surface area contributed by atoms with Gasteiger partial charge in [-0.15, -0.1) is 23.1 Å². The highest BCUT2D eigenvalue weighted by atomic mass is 32.2. The van der Waals surface area contributed by atoms with Crippen LogP contribution in [0.15, 0.2) is 65.7 Å². The van der Waals surface area contributed by atoms with E-state index in [0.29, 0.717) is 26.9 Å². The van der Waals surface area contributed by atoms with E-state index in [1.807, 2.05) is 42.5 Å². The van der Waals surface area contributed by atoms with Gasteiger partial charge < -0.3 is 14.8 Å². The number of thiophene rings is 1. The highest BCUT2D eigenvalue weighted by Gasteiger charge is 2.29. The molecule has 202 valence electrons. The lowest BCUT2D eigenvalue weighted by Gasteiger charge is -2.16. The minimum Gasteiger partial charge on any atom is -0.497 e. The molecular weight excluding hydrogens is 542 g/mol. The lowest BCUT2D eigenvalue weighted by atomic mass is 9.89. The molecule has 2 aromatic heterocycles. The van der Waals surface area contributed by atoms with Gasteiger partial charge in [0.05, 0.1) is 30.5 Å². The summed E-state index contributed by atoms with van der Waals surface area (Å²) in [5, 5.41) is 13.6. The van der Waals surface area contributed by atoms with E-state index in [0.717, 1.165) is 45.9 Å². The number of nitrogens with zero attached hydrogens (tertiary/aromatic N) is 2. The van der Waals surface area contributed by atoms with Crippen molar-refractivity contribution in [3.05, 3.63) is 82.9 Å². The number of aromatic nitrogens is 1. The third-order valence-electron chi connectivity index (χ3n) is 6.58. The first-order valence-corrected chi connectivity index (χ1v) is 14.7. The van der Waals surface area contributed by atoms with Gasteiger partial charge in [-0.25, -0.2) is 9.78 Å². The number of rotatable bonds is 9. The van der Waals surface area contributed by atoms with Gasteiger partial charge in [-0.1, -0.05) is 24.3 Å². The fourth-order valence-corrected chi connectivity index (χ4v) is 6.86. The van der Waals surface area contributed by atoms with Crippen LogP contribution in [0.3, 0.4) is 0 Å². The van der Waals surface area contributed by atoms with Crippen LogP contribution in [0.25, 0.3) is 21.7 Å². The van der Waals surface area contributed by atoms with Gasteiger partial charge in [-0.3, -0.25) is 4.79 Å². The number of hydrogen-bond donors (Lipinski definition) is 1. The standard InChI is InChI=1S/C31H27N3O4S2/c1-3-38-31(36)27-24-14-10-19-6-4-5-7-23(19)28(24)40-30(27)34-26(35)16-17-39-29-21(18-32)11-15-25(33-29)20-8-12-22(37-2)13-9-20/h4-9,11-13,15H,3,10,14,16-17H2,1-2H3,(H,34,35). The Balaban J connectivity index is 1.31. The molecule has 2 aromatic carbocycles. The van der Waals surface area contributed by atoms with Crippen molar-refractivity contribution in [2.24, 2.45) is 0 Å². The lowest BCUT2D eigenvalue weighted by molar-refractivity contribution is -0.115. The number of esters is 1. The van der Waals surface area contributed by atoms with Crippen molar-refractivity contribution in [1.29, 1.82) is 5.26 Å². The number of anilines is 1. The van der Waals surface area contributed by atoms with Gasteiger partial charge in [-0.05, 0) is 72.9 Å². The van der Waals surface area contributed by atoms with Gasteiger partial charge in [0.15, 0.2) is 0 Å². The quantitative estimate of drug-likeness (QED) is 0.176. The fourth-order valence-electron chi connectivity index (χ4n) is 4.64. The summed E-state index contributed by atoms with van der Waals surface area (Å²) >= 11 is 2.78. The normalized spacial score (nSPS) is 11.6. The molecule has 0 unspecified atom stereocenters. The third-order valence-corrected chi connectivity index (χ3v) is 8.75. The molecule has 0 saturated carbocycles. The highest BCUT2D eigenvalue weighted by Crippen LogP contribution is 2.45. The molecule has 0 atom stereocenters. The molecule has 9 heteroatoms. The first-order valence-electron chi connectivity index (χ1n) is 12.9. The van der Waals surface area contributed by atoms with Gasteiger partial charge >= 0.3 is 5.97 Å². The molecule has 1 aliphatic carbocycles. The average Bonchev–Trinajstić information content (AvgIpc) is 3.35. The van der Waals surface area contributed by atoms with Gasteiger partial charge in [0.1, 0.15) is 21.8 Å². The van der Waals surface area contributed by atoms with Crippen molar-refractivity contribution in [3.8, 4) is 33.5 Å². The first-order chi connectivity index (χ1) is 19.5. The molecule has 1 aliphatic rings. The molecule has 0 saturated heterocycles. The summed E-state index contributed by atoms with van der Waals surface area (Å²) in [6, 6.07) is 21.4. The smallest absolute Gasteiger partial charge is 0.341 e. The number of hydrogen-bond acceptors (Lipinski definition) is 8. The molecule has 1 amide bonds. The van der Waals surface area contributed by atoms with Crippen molar-refractivity contribution < 1.29 is 19.1 Å². The number of aryl methyl sites for hydroxylation is 1. The van der Waals surface area contributed by atoms with E-state index in [1.165, 1.54) is 28.7 Å². The molecule has 0 aliphatic heterocycles. The number of amides is 1. The number of fused-ring (bicyclic) bond motifs is 3. The monoisotopic (exact) mass is 569 g/mol. The molecule has 0 bridgehead atoms. The summed E-state index contributed by atoms with van der Waals surface area (Å²) in [5.41, 5.74) is 5.82. The zero-order valence-electron chi connectivity index (χ0n) is 22.2. The maximum atomic E-state index is 13.0. The molecule has 7 nitrogen and oxygen atoms in total. The number of pyridine rings is 1. The van der Waals surface area contributed by atoms with Crippen LogP contribution in [0.4, 0.5) is 5.00 Å². The Morgan fingerprint density at radius 2 is 1.90 bits per heavy atom. The largest absolute Gasteiger partial charge is 0.497 e. The molecule has 0 fully saturated rings. The van der Waals surface area contributed by atoms with E-state index in [9.17, 15) is 14.9 Å². The maximum Gasteiger partial charge on any atom is 0.341 e. The zero-order chi connectivity index (χ0) is 28.1. The minimum atomic E-state index is -0.415. The topological polar surface area (TPSA) is 101 Å². The van der Waals surface area contributed by atoms with Crippen LogP contribution in [0.5, 0.6) is 5.75 Å². The van der Waals surface area contributed by atoms with Crippen LogP contribution in [0.2, 0.25) is 0 Å². The van der Waals surface area contributed by atoms with E-state index in [1.54, 1.807) is 20.1 Å². The summed E-state index contributed by atoms with van der Waals surface area (Å²) in [7, 11) is 1.61. The Kier molecular flexibility index (Phi) is 8.48. The van der Waals surface area contributed by atoms with Gasteiger partial charge in [0, 0.05) is 22.6 Å². The summed E-state index contributed by atoms with van der Waals surface area (Å²) < 4.78 is 10.6. The van der Waals surface area contributed by atoms with Crippen molar-refractivity contribution in [2.75, 3.05) is 24.8 Å². The molecular formula is C31H27N3O4S2. The Labute approximate surface area is 241 Å². The number of benzene rings is 2. The Bertz CT molecular complexity index is 1610. The predicted octanol–water partition coefficient (Wildman–Crippen LogP) is 6.75. The maximum absolute atomic E-state index is 13.0. The highest BCUT2D eigenvalue weighted by molar-refractivity contribution is 7.99. The molecule has 1 N–H and O–H groups in total. The van der Waals surface area contributed by atoms with Crippen LogP contribution < -0.4 is 10.1 Å². The molecule has 0 spiro atoms. The van der Waals surface area contributed by atoms with Crippen molar-refractivity contribution in [3.63, 3.8) is 0 Å². The molecule has 2 heterocycles. The number of nitrogens with one attached hydrogen (secondary N) is 1. The second-order valence-electron chi connectivity index (χ2n) is 9.03. The molecule has 0 radical (unpaired) electrons. The van der Waals surface area contributed by atoms with E-state index in [2.05, 4.69) is 28.5 Å². The number of methoxy groups -OCH3 is 1. The lowest BCUT2D eigenvalue weighted by Crippen LogP contribution is -2.16. The number of ether oxygens (including phenoxy) is 2.